The van der Waals surface area contributed by atoms with E-state index in [0.29, 0.717) is 0 Å². The summed E-state index contributed by atoms with van der Waals surface area (Å²) in [5.74, 6) is 0. The number of nitrogens with one attached hydrogen (secondary N) is 1. The minimum Gasteiger partial charge on any atom is -0.314 e. The van der Waals surface area contributed by atoms with Crippen LogP contribution in [0.3, 0.4) is 0 Å². The Kier molecular flexibility index (Phi) is 3.76. The summed E-state index contributed by atoms with van der Waals surface area (Å²) in [5, 5.41) is 3.77. The van der Waals surface area contributed by atoms with Gasteiger partial charge in [-0.2, -0.15) is 0 Å². The zero-order chi connectivity index (χ0) is 14.2. The first-order chi connectivity index (χ1) is 10.3. The van der Waals surface area contributed by atoms with Gasteiger partial charge in [0.1, 0.15) is 0 Å². The Labute approximate surface area is 128 Å². The van der Waals surface area contributed by atoms with Crippen LogP contribution in [0.5, 0.6) is 0 Å². The molecular weight excluding hydrogens is 256 g/mol. The van der Waals surface area contributed by atoms with Crippen LogP contribution in [0.25, 0.3) is 0 Å². The minimum absolute atomic E-state index is 0.780. The van der Waals surface area contributed by atoms with E-state index in [1.807, 2.05) is 0 Å². The van der Waals surface area contributed by atoms with E-state index in [0.717, 1.165) is 24.2 Å². The van der Waals surface area contributed by atoms with E-state index in [-0.39, 0.29) is 0 Å². The van der Waals surface area contributed by atoms with Crippen LogP contribution in [0.1, 0.15) is 50.2 Å². The Hall–Kier alpha value is -0.860. The molecule has 114 valence electrons. The van der Waals surface area contributed by atoms with Crippen molar-refractivity contribution in [3.63, 3.8) is 0 Å². The lowest BCUT2D eigenvalue weighted by atomic mass is 9.94. The molecule has 1 aliphatic carbocycles. The molecule has 2 unspecified atom stereocenters. The summed E-state index contributed by atoms with van der Waals surface area (Å²) in [6.07, 6.45) is 9.45. The second-order valence-corrected chi connectivity index (χ2v) is 7.29. The van der Waals surface area contributed by atoms with Crippen LogP contribution in [-0.4, -0.2) is 35.6 Å². The highest BCUT2D eigenvalue weighted by molar-refractivity contribution is 5.33. The molecule has 1 N–H and O–H groups in total. The largest absolute Gasteiger partial charge is 0.314 e. The van der Waals surface area contributed by atoms with E-state index in [9.17, 15) is 0 Å². The maximum absolute atomic E-state index is 3.77. The molecule has 2 heterocycles. The van der Waals surface area contributed by atoms with Gasteiger partial charge in [-0.05, 0) is 62.6 Å². The van der Waals surface area contributed by atoms with Crippen LogP contribution in [0.15, 0.2) is 24.3 Å². The lowest BCUT2D eigenvalue weighted by Gasteiger charge is -2.43. The van der Waals surface area contributed by atoms with Crippen LogP contribution >= 0.6 is 0 Å². The third kappa shape index (κ3) is 2.53. The fourth-order valence-electron chi connectivity index (χ4n) is 5.07. The molecular formula is C19H28N2. The van der Waals surface area contributed by atoms with Crippen molar-refractivity contribution < 1.29 is 0 Å². The third-order valence-corrected chi connectivity index (χ3v) is 5.92. The van der Waals surface area contributed by atoms with Gasteiger partial charge in [0.15, 0.2) is 0 Å². The van der Waals surface area contributed by atoms with E-state index in [1.165, 1.54) is 51.5 Å². The maximum Gasteiger partial charge on any atom is 0.0182 e. The molecule has 2 fully saturated rings. The summed E-state index contributed by atoms with van der Waals surface area (Å²) in [6.45, 7) is 3.46. The van der Waals surface area contributed by atoms with Crippen molar-refractivity contribution in [3.8, 4) is 0 Å². The van der Waals surface area contributed by atoms with Gasteiger partial charge in [0.2, 0.25) is 0 Å². The monoisotopic (exact) mass is 284 g/mol. The van der Waals surface area contributed by atoms with Crippen molar-refractivity contribution >= 4 is 0 Å². The number of hydrogen-bond donors (Lipinski definition) is 1. The first-order valence-electron chi connectivity index (χ1n) is 8.92. The molecule has 1 aromatic rings. The first-order valence-corrected chi connectivity index (χ1v) is 8.92. The zero-order valence-corrected chi connectivity index (χ0v) is 13.2. The molecule has 2 bridgehead atoms. The average molecular weight is 284 g/mol. The maximum atomic E-state index is 3.77. The fraction of sp³-hybridized carbons (Fsp3) is 0.684. The molecule has 2 nitrogen and oxygen atoms in total. The molecule has 2 atom stereocenters. The lowest BCUT2D eigenvalue weighted by Crippen LogP contribution is -2.53. The Balaban J connectivity index is 1.44. The second-order valence-electron chi connectivity index (χ2n) is 7.29. The molecule has 0 radical (unpaired) electrons. The molecule has 0 saturated carbocycles. The topological polar surface area (TPSA) is 15.3 Å². The fourth-order valence-corrected chi connectivity index (χ4v) is 5.07. The van der Waals surface area contributed by atoms with Gasteiger partial charge in [-0.1, -0.05) is 31.2 Å². The summed E-state index contributed by atoms with van der Waals surface area (Å²) >= 11 is 0. The van der Waals surface area contributed by atoms with E-state index in [2.05, 4.69) is 41.4 Å². The van der Waals surface area contributed by atoms with Gasteiger partial charge in [0, 0.05) is 24.2 Å². The van der Waals surface area contributed by atoms with Gasteiger partial charge in [0.05, 0.1) is 0 Å². The molecule has 0 spiro atoms. The third-order valence-electron chi connectivity index (χ3n) is 5.92. The lowest BCUT2D eigenvalue weighted by molar-refractivity contribution is 0.0738. The standard InChI is InChI=1S/C19H28N2/c1-2-9-20-16-12-17-7-8-18(13-16)21(17)19-10-14-5-3-4-6-15(14)11-19/h3-6,16-20H,2,7-13H2,1H3. The van der Waals surface area contributed by atoms with E-state index < -0.39 is 0 Å². The van der Waals surface area contributed by atoms with E-state index in [1.54, 1.807) is 11.1 Å². The van der Waals surface area contributed by atoms with Crippen LogP contribution in [-0.2, 0) is 12.8 Å². The highest BCUT2D eigenvalue weighted by Gasteiger charge is 2.44. The quantitative estimate of drug-likeness (QED) is 0.914. The van der Waals surface area contributed by atoms with Gasteiger partial charge < -0.3 is 5.32 Å². The molecule has 2 saturated heterocycles. The summed E-state index contributed by atoms with van der Waals surface area (Å²) < 4.78 is 0. The highest BCUT2D eigenvalue weighted by atomic mass is 15.3. The van der Waals surface area contributed by atoms with Gasteiger partial charge >= 0.3 is 0 Å². The molecule has 21 heavy (non-hydrogen) atoms. The van der Waals surface area contributed by atoms with Gasteiger partial charge in [-0.25, -0.2) is 0 Å². The van der Waals surface area contributed by atoms with Crippen molar-refractivity contribution in [2.24, 2.45) is 0 Å². The SMILES string of the molecule is CCCNC1CC2CCC(C1)N2C1Cc2ccccc2C1. The molecule has 0 aromatic heterocycles. The molecule has 2 aliphatic heterocycles. The summed E-state index contributed by atoms with van der Waals surface area (Å²) in [7, 11) is 0. The van der Waals surface area contributed by atoms with Gasteiger partial charge in [0.25, 0.3) is 0 Å². The van der Waals surface area contributed by atoms with E-state index in [4.69, 9.17) is 0 Å². The molecule has 1 aromatic carbocycles. The predicted octanol–water partition coefficient (Wildman–Crippen LogP) is 3.15. The van der Waals surface area contributed by atoms with Gasteiger partial charge in [-0.15, -0.1) is 0 Å². The van der Waals surface area contributed by atoms with Crippen molar-refractivity contribution in [3.05, 3.63) is 35.4 Å². The summed E-state index contributed by atoms with van der Waals surface area (Å²) in [4.78, 5) is 2.92. The Bertz CT molecular complexity index is 459. The first kappa shape index (κ1) is 13.8. The normalized spacial score (nSPS) is 32.5. The number of benzene rings is 1. The molecule has 0 amide bonds. The van der Waals surface area contributed by atoms with Crippen LogP contribution in [0.4, 0.5) is 0 Å². The second kappa shape index (κ2) is 5.73. The zero-order valence-electron chi connectivity index (χ0n) is 13.2. The van der Waals surface area contributed by atoms with Crippen molar-refractivity contribution in [1.29, 1.82) is 0 Å². The Morgan fingerprint density at radius 3 is 2.19 bits per heavy atom. The average Bonchev–Trinajstić information content (AvgIpc) is 3.03. The molecule has 3 aliphatic rings. The van der Waals surface area contributed by atoms with Crippen molar-refractivity contribution in [2.75, 3.05) is 6.54 Å². The Morgan fingerprint density at radius 1 is 1.00 bits per heavy atom. The predicted molar refractivity (Wildman–Crippen MR) is 87.6 cm³/mol. The van der Waals surface area contributed by atoms with E-state index >= 15 is 0 Å². The number of hydrogen-bond acceptors (Lipinski definition) is 2. The van der Waals surface area contributed by atoms with Crippen LogP contribution in [0.2, 0.25) is 0 Å². The summed E-state index contributed by atoms with van der Waals surface area (Å²) in [5.41, 5.74) is 3.21. The molecule has 4 rings (SSSR count). The number of rotatable bonds is 4. The highest BCUT2D eigenvalue weighted by Crippen LogP contribution is 2.40. The van der Waals surface area contributed by atoms with Crippen molar-refractivity contribution in [1.82, 2.24) is 10.2 Å². The van der Waals surface area contributed by atoms with Crippen molar-refractivity contribution in [2.45, 2.75) is 76.0 Å². The minimum atomic E-state index is 0.780. The van der Waals surface area contributed by atoms with Gasteiger partial charge in [-0.3, -0.25) is 4.90 Å². The smallest absolute Gasteiger partial charge is 0.0182 e. The number of fused-ring (bicyclic) bond motifs is 3. The van der Waals surface area contributed by atoms with Crippen LogP contribution in [0, 0.1) is 0 Å². The number of piperidine rings is 1. The number of nitrogens with zero attached hydrogens (tertiary/aromatic N) is 1. The summed E-state index contributed by atoms with van der Waals surface area (Å²) in [6, 6.07) is 12.3. The van der Waals surface area contributed by atoms with Crippen LogP contribution < -0.4 is 5.32 Å². The Morgan fingerprint density at radius 2 is 1.62 bits per heavy atom. The molecule has 2 heteroatoms.